The van der Waals surface area contributed by atoms with Crippen molar-refractivity contribution < 1.29 is 19.1 Å². The van der Waals surface area contributed by atoms with Crippen molar-refractivity contribution in [2.75, 3.05) is 31.5 Å². The van der Waals surface area contributed by atoms with E-state index in [2.05, 4.69) is 57.0 Å². The third-order valence-corrected chi connectivity index (χ3v) is 10.3. The number of nitrogens with zero attached hydrogens (tertiary/aromatic N) is 6. The number of benzene rings is 3. The number of pyridine rings is 2. The molecular weight excluding hydrogens is 654 g/mol. The molecule has 2 saturated heterocycles. The van der Waals surface area contributed by atoms with E-state index in [0.717, 1.165) is 88.0 Å². The van der Waals surface area contributed by atoms with E-state index in [9.17, 15) is 9.90 Å². The van der Waals surface area contributed by atoms with Crippen LogP contribution in [0.5, 0.6) is 0 Å². The number of nitrogens with one attached hydrogen (secondary N) is 1. The van der Waals surface area contributed by atoms with Crippen LogP contribution in [0.4, 0.5) is 17.2 Å². The monoisotopic (exact) mass is 693 g/mol. The number of β-amino-alcohol motifs (C(OH)–C–C–N with tert-alkyl or cyclic N) is 1. The fourth-order valence-electron chi connectivity index (χ4n) is 7.60. The Morgan fingerprint density at radius 1 is 0.962 bits per heavy atom. The van der Waals surface area contributed by atoms with Gasteiger partial charge in [0.15, 0.2) is 11.4 Å². The minimum atomic E-state index is -0.250. The SMILES string of the molecule is [C-]#[N+]c1cc(CN2CC[C@@H](OC=O)C2)cc2nc(-c3cccc(-c4cccc(Nc5nccc6cc(CN7CC[C@@H](O)C7)cnc56)c4C)c3C)oc12. The van der Waals surface area contributed by atoms with E-state index in [1.54, 1.807) is 6.20 Å². The number of aliphatic hydroxyl groups excluding tert-OH is 1. The lowest BCUT2D eigenvalue weighted by atomic mass is 9.93. The van der Waals surface area contributed by atoms with Crippen LogP contribution in [0.25, 0.3) is 49.4 Å². The molecule has 0 radical (unpaired) electrons. The summed E-state index contributed by atoms with van der Waals surface area (Å²) >= 11 is 0. The summed E-state index contributed by atoms with van der Waals surface area (Å²) in [6.45, 7) is 17.0. The second kappa shape index (κ2) is 14.2. The van der Waals surface area contributed by atoms with E-state index >= 15 is 0 Å². The molecule has 52 heavy (non-hydrogen) atoms. The van der Waals surface area contributed by atoms with Crippen molar-refractivity contribution in [1.82, 2.24) is 24.8 Å². The minimum absolute atomic E-state index is 0.0989. The molecule has 11 heteroatoms. The molecule has 6 aromatic rings. The Morgan fingerprint density at radius 3 is 2.54 bits per heavy atom. The van der Waals surface area contributed by atoms with Gasteiger partial charge in [-0.05, 0) is 96.5 Å². The average molecular weight is 694 g/mol. The quantitative estimate of drug-likeness (QED) is 0.111. The van der Waals surface area contributed by atoms with Gasteiger partial charge in [-0.15, -0.1) is 0 Å². The maximum Gasteiger partial charge on any atom is 0.293 e. The molecule has 0 saturated carbocycles. The van der Waals surface area contributed by atoms with Crippen LogP contribution in [0.2, 0.25) is 0 Å². The largest absolute Gasteiger partial charge is 0.463 e. The molecule has 0 aliphatic carbocycles. The van der Waals surface area contributed by atoms with E-state index in [4.69, 9.17) is 25.7 Å². The number of aromatic nitrogens is 3. The number of anilines is 2. The molecule has 11 nitrogen and oxygen atoms in total. The lowest BCUT2D eigenvalue weighted by Gasteiger charge is -2.17. The molecule has 3 aromatic carbocycles. The number of oxazole rings is 1. The van der Waals surface area contributed by atoms with Crippen molar-refractivity contribution in [2.24, 2.45) is 0 Å². The van der Waals surface area contributed by atoms with E-state index in [0.29, 0.717) is 54.6 Å². The average Bonchev–Trinajstić information content (AvgIpc) is 3.89. The molecule has 0 spiro atoms. The van der Waals surface area contributed by atoms with Crippen molar-refractivity contribution in [3.63, 3.8) is 0 Å². The van der Waals surface area contributed by atoms with Crippen LogP contribution in [0.1, 0.15) is 35.1 Å². The zero-order chi connectivity index (χ0) is 35.8. The number of rotatable bonds is 10. The standard InChI is InChI=1S/C41H39N7O4/c1-25-32(6-4-8-34(25)41-46-37-18-27(17-36(42-3)39(37)52-41)20-48-15-12-31(23-48)51-24-49)33-7-5-9-35(26(33)2)45-40-38-29(10-13-43-40)16-28(19-44-38)21-47-14-11-30(50)22-47/h4-10,13,16-19,24,30-31,50H,11-12,14-15,20-23H2,1-2H3,(H,43,45)/t30-,31-/m1/s1. The topological polar surface area (TPSA) is 121 Å². The summed E-state index contributed by atoms with van der Waals surface area (Å²) in [5, 5.41) is 14.5. The molecule has 2 atom stereocenters. The van der Waals surface area contributed by atoms with E-state index in [1.807, 2.05) is 48.7 Å². The lowest BCUT2D eigenvalue weighted by molar-refractivity contribution is -0.132. The number of carbonyl (C=O) groups is 1. The summed E-state index contributed by atoms with van der Waals surface area (Å²) in [5.41, 5.74) is 10.4. The van der Waals surface area contributed by atoms with Crippen LogP contribution >= 0.6 is 0 Å². The van der Waals surface area contributed by atoms with Gasteiger partial charge in [0.25, 0.3) is 6.47 Å². The molecule has 3 aromatic heterocycles. The second-order valence-electron chi connectivity index (χ2n) is 13.8. The zero-order valence-electron chi connectivity index (χ0n) is 29.2. The molecule has 0 bridgehead atoms. The number of aliphatic hydroxyl groups is 1. The van der Waals surface area contributed by atoms with E-state index < -0.39 is 0 Å². The smallest absolute Gasteiger partial charge is 0.293 e. The zero-order valence-corrected chi connectivity index (χ0v) is 29.2. The lowest BCUT2D eigenvalue weighted by Crippen LogP contribution is -2.22. The van der Waals surface area contributed by atoms with Gasteiger partial charge in [-0.1, -0.05) is 24.3 Å². The Balaban J connectivity index is 1.06. The molecule has 262 valence electrons. The third kappa shape index (κ3) is 6.60. The molecular formula is C41H39N7O4. The summed E-state index contributed by atoms with van der Waals surface area (Å²) < 4.78 is 11.5. The Hall–Kier alpha value is -5.67. The molecule has 0 unspecified atom stereocenters. The summed E-state index contributed by atoms with van der Waals surface area (Å²) in [6.07, 6.45) is 4.96. The Labute approximate surface area is 301 Å². The third-order valence-electron chi connectivity index (χ3n) is 10.3. The summed E-state index contributed by atoms with van der Waals surface area (Å²) in [4.78, 5) is 33.4. The fraction of sp³-hybridized carbons (Fsp3) is 0.293. The van der Waals surface area contributed by atoms with Gasteiger partial charge in [0.05, 0.1) is 18.2 Å². The predicted molar refractivity (Wildman–Crippen MR) is 200 cm³/mol. The van der Waals surface area contributed by atoms with Crippen LogP contribution in [-0.4, -0.2) is 74.7 Å². The van der Waals surface area contributed by atoms with Crippen molar-refractivity contribution in [1.29, 1.82) is 0 Å². The predicted octanol–water partition coefficient (Wildman–Crippen LogP) is 7.33. The van der Waals surface area contributed by atoms with Gasteiger partial charge in [-0.2, -0.15) is 0 Å². The van der Waals surface area contributed by atoms with Crippen LogP contribution in [0.15, 0.2) is 77.5 Å². The number of fused-ring (bicyclic) bond motifs is 2. The summed E-state index contributed by atoms with van der Waals surface area (Å²) in [7, 11) is 0. The van der Waals surface area contributed by atoms with E-state index in [-0.39, 0.29) is 12.2 Å². The van der Waals surface area contributed by atoms with Gasteiger partial charge >= 0.3 is 0 Å². The molecule has 2 aliphatic heterocycles. The van der Waals surface area contributed by atoms with Crippen molar-refractivity contribution >= 4 is 45.7 Å². The van der Waals surface area contributed by atoms with Gasteiger partial charge in [-0.25, -0.2) is 14.8 Å². The highest BCUT2D eigenvalue weighted by atomic mass is 16.5. The summed E-state index contributed by atoms with van der Waals surface area (Å²) in [6, 6.07) is 20.3. The molecule has 2 aliphatic rings. The minimum Gasteiger partial charge on any atom is -0.463 e. The van der Waals surface area contributed by atoms with Crippen LogP contribution in [0.3, 0.4) is 0 Å². The van der Waals surface area contributed by atoms with Gasteiger partial charge in [0.1, 0.15) is 11.6 Å². The molecule has 5 heterocycles. The summed E-state index contributed by atoms with van der Waals surface area (Å²) in [5.74, 6) is 1.15. The van der Waals surface area contributed by atoms with Gasteiger partial charge < -0.3 is 19.6 Å². The first kappa shape index (κ1) is 33.5. The first-order chi connectivity index (χ1) is 25.4. The Morgan fingerprint density at radius 2 is 1.73 bits per heavy atom. The van der Waals surface area contributed by atoms with E-state index in [1.165, 1.54) is 0 Å². The van der Waals surface area contributed by atoms with Crippen molar-refractivity contribution in [3.8, 4) is 22.6 Å². The van der Waals surface area contributed by atoms with Gasteiger partial charge in [0.2, 0.25) is 11.6 Å². The molecule has 0 amide bonds. The molecule has 2 fully saturated rings. The van der Waals surface area contributed by atoms with Crippen molar-refractivity contribution in [2.45, 2.75) is 52.0 Å². The van der Waals surface area contributed by atoms with Crippen LogP contribution in [0, 0.1) is 20.4 Å². The first-order valence-electron chi connectivity index (χ1n) is 17.6. The highest BCUT2D eigenvalue weighted by Crippen LogP contribution is 2.39. The van der Waals surface area contributed by atoms with Gasteiger partial charge in [-0.3, -0.25) is 19.6 Å². The van der Waals surface area contributed by atoms with Crippen molar-refractivity contribution in [3.05, 3.63) is 107 Å². The first-order valence-corrected chi connectivity index (χ1v) is 17.6. The van der Waals surface area contributed by atoms with Gasteiger partial charge in [0, 0.05) is 68.3 Å². The highest BCUT2D eigenvalue weighted by molar-refractivity contribution is 5.92. The van der Waals surface area contributed by atoms with Crippen LogP contribution in [-0.2, 0) is 22.6 Å². The fourth-order valence-corrected chi connectivity index (χ4v) is 7.60. The normalized spacial score (nSPS) is 17.9. The molecule has 8 rings (SSSR count). The highest BCUT2D eigenvalue weighted by Gasteiger charge is 2.25. The Kier molecular flexibility index (Phi) is 9.11. The molecule has 2 N–H and O–H groups in total. The number of carbonyl (C=O) groups excluding carboxylic acids is 1. The second-order valence-corrected chi connectivity index (χ2v) is 13.8. The number of likely N-dealkylation sites (tertiary alicyclic amines) is 2. The maximum atomic E-state index is 10.8. The number of ether oxygens (including phenoxy) is 1. The maximum absolute atomic E-state index is 10.8. The Bertz CT molecular complexity index is 2350. The van der Waals surface area contributed by atoms with Crippen LogP contribution < -0.4 is 5.32 Å². The number of hydrogen-bond acceptors (Lipinski definition) is 10. The number of hydrogen-bond donors (Lipinski definition) is 2.